The summed E-state index contributed by atoms with van der Waals surface area (Å²) < 4.78 is 15.5. The second-order valence-corrected chi connectivity index (χ2v) is 6.61. The Hall–Kier alpha value is -2.69. The van der Waals surface area contributed by atoms with Gasteiger partial charge in [-0.25, -0.2) is 9.37 Å². The van der Waals surface area contributed by atoms with Gasteiger partial charge in [0.1, 0.15) is 23.0 Å². The number of hydrogen-bond donors (Lipinski definition) is 1. The van der Waals surface area contributed by atoms with Crippen molar-refractivity contribution in [3.05, 3.63) is 54.0 Å². The van der Waals surface area contributed by atoms with Crippen molar-refractivity contribution in [3.63, 3.8) is 0 Å². The van der Waals surface area contributed by atoms with E-state index < -0.39 is 0 Å². The van der Waals surface area contributed by atoms with Crippen LogP contribution < -0.4 is 5.32 Å². The summed E-state index contributed by atoms with van der Waals surface area (Å²) in [5.41, 5.74) is 3.03. The molecule has 0 atom stereocenters. The molecule has 1 N–H and O–H groups in total. The summed E-state index contributed by atoms with van der Waals surface area (Å²) in [5.74, 6) is 0.222. The molecule has 0 saturated carbocycles. The Labute approximate surface area is 153 Å². The number of hydrogen-bond acceptors (Lipinski definition) is 2. The molecule has 3 rings (SSSR count). The van der Waals surface area contributed by atoms with Crippen LogP contribution in [0.4, 0.5) is 10.2 Å². The van der Waals surface area contributed by atoms with Crippen LogP contribution in [-0.2, 0) is 4.79 Å². The average Bonchev–Trinajstić information content (AvgIpc) is 2.96. The topological polar surface area (TPSA) is 46.4 Å². The number of rotatable bonds is 7. The first-order chi connectivity index (χ1) is 12.6. The van der Waals surface area contributed by atoms with E-state index in [-0.39, 0.29) is 11.7 Å². The summed E-state index contributed by atoms with van der Waals surface area (Å²) in [4.78, 5) is 17.0. The van der Waals surface area contributed by atoms with Gasteiger partial charge in [-0.05, 0) is 43.2 Å². The highest BCUT2D eigenvalue weighted by Crippen LogP contribution is 2.29. The van der Waals surface area contributed by atoms with Crippen LogP contribution in [0.1, 0.15) is 44.6 Å². The fourth-order valence-electron chi connectivity index (χ4n) is 3.01. The molecule has 26 heavy (non-hydrogen) atoms. The maximum absolute atomic E-state index is 13.7. The second kappa shape index (κ2) is 8.13. The molecular formula is C21H24FN3O. The van der Waals surface area contributed by atoms with E-state index in [0.29, 0.717) is 23.5 Å². The summed E-state index contributed by atoms with van der Waals surface area (Å²) >= 11 is 0. The number of nitrogens with one attached hydrogen (secondary N) is 1. The van der Waals surface area contributed by atoms with Gasteiger partial charge < -0.3 is 5.32 Å². The van der Waals surface area contributed by atoms with Crippen molar-refractivity contribution in [2.75, 3.05) is 5.32 Å². The van der Waals surface area contributed by atoms with Crippen LogP contribution in [0.25, 0.3) is 16.9 Å². The highest BCUT2D eigenvalue weighted by molar-refractivity contribution is 5.94. The van der Waals surface area contributed by atoms with Crippen LogP contribution in [0.15, 0.2) is 42.6 Å². The zero-order chi connectivity index (χ0) is 18.5. The Balaban J connectivity index is 1.94. The summed E-state index contributed by atoms with van der Waals surface area (Å²) in [5, 5.41) is 2.99. The van der Waals surface area contributed by atoms with E-state index in [0.717, 1.165) is 36.9 Å². The highest BCUT2D eigenvalue weighted by atomic mass is 19.1. The van der Waals surface area contributed by atoms with E-state index >= 15 is 0 Å². The molecule has 1 amide bonds. The number of aryl methyl sites for hydroxylation is 1. The normalized spacial score (nSPS) is 11.0. The maximum Gasteiger partial charge on any atom is 0.225 e. The molecule has 3 aromatic rings. The minimum atomic E-state index is -0.326. The number of aromatic nitrogens is 2. The van der Waals surface area contributed by atoms with Crippen molar-refractivity contribution in [2.24, 2.45) is 0 Å². The summed E-state index contributed by atoms with van der Waals surface area (Å²) in [7, 11) is 0. The quantitative estimate of drug-likeness (QED) is 0.581. The van der Waals surface area contributed by atoms with Crippen LogP contribution in [0.5, 0.6) is 0 Å². The molecule has 4 nitrogen and oxygen atoms in total. The molecule has 2 heterocycles. The number of halogens is 1. The molecule has 0 fully saturated rings. The number of carbonyl (C=O) groups is 1. The highest BCUT2D eigenvalue weighted by Gasteiger charge is 2.17. The van der Waals surface area contributed by atoms with Crippen molar-refractivity contribution in [2.45, 2.75) is 46.0 Å². The predicted molar refractivity (Wildman–Crippen MR) is 103 cm³/mol. The number of fused-ring (bicyclic) bond motifs is 1. The third kappa shape index (κ3) is 4.10. The Kier molecular flexibility index (Phi) is 5.66. The number of amides is 1. The molecule has 1 aromatic carbocycles. The monoisotopic (exact) mass is 353 g/mol. The van der Waals surface area contributed by atoms with Crippen LogP contribution >= 0.6 is 0 Å². The number of imidazole rings is 1. The van der Waals surface area contributed by atoms with Gasteiger partial charge in [0.05, 0.1) is 0 Å². The Morgan fingerprint density at radius 1 is 1.19 bits per heavy atom. The first-order valence-corrected chi connectivity index (χ1v) is 9.13. The zero-order valence-electron chi connectivity index (χ0n) is 15.3. The molecule has 5 heteroatoms. The van der Waals surface area contributed by atoms with Gasteiger partial charge in [-0.1, -0.05) is 38.3 Å². The van der Waals surface area contributed by atoms with Gasteiger partial charge in [0.15, 0.2) is 0 Å². The number of nitrogens with zero attached hydrogens (tertiary/aromatic N) is 2. The van der Waals surface area contributed by atoms with Gasteiger partial charge in [0.2, 0.25) is 5.91 Å². The molecule has 136 valence electrons. The number of benzene rings is 1. The van der Waals surface area contributed by atoms with E-state index in [1.54, 1.807) is 12.1 Å². The van der Waals surface area contributed by atoms with Crippen molar-refractivity contribution in [1.29, 1.82) is 0 Å². The summed E-state index contributed by atoms with van der Waals surface area (Å²) in [6.07, 6.45) is 6.54. The minimum absolute atomic E-state index is 0.0406. The first kappa shape index (κ1) is 18.1. The fourth-order valence-corrected chi connectivity index (χ4v) is 3.01. The van der Waals surface area contributed by atoms with Crippen LogP contribution in [0.2, 0.25) is 0 Å². The molecule has 0 bridgehead atoms. The second-order valence-electron chi connectivity index (χ2n) is 6.61. The molecular weight excluding hydrogens is 329 g/mol. The van der Waals surface area contributed by atoms with E-state index in [9.17, 15) is 9.18 Å². The average molecular weight is 353 g/mol. The lowest BCUT2D eigenvalue weighted by molar-refractivity contribution is -0.116. The number of anilines is 1. The van der Waals surface area contributed by atoms with Crippen LogP contribution in [-0.4, -0.2) is 15.3 Å². The number of pyridine rings is 1. The number of unbranched alkanes of at least 4 members (excludes halogenated alkanes) is 3. The van der Waals surface area contributed by atoms with Gasteiger partial charge in [0, 0.05) is 18.2 Å². The van der Waals surface area contributed by atoms with Gasteiger partial charge >= 0.3 is 0 Å². The Morgan fingerprint density at radius 2 is 2.04 bits per heavy atom. The molecule has 2 aromatic heterocycles. The van der Waals surface area contributed by atoms with Crippen molar-refractivity contribution in [1.82, 2.24) is 9.38 Å². The first-order valence-electron chi connectivity index (χ1n) is 9.13. The minimum Gasteiger partial charge on any atom is -0.310 e. The van der Waals surface area contributed by atoms with Gasteiger partial charge in [-0.15, -0.1) is 0 Å². The lowest BCUT2D eigenvalue weighted by atomic mass is 10.1. The lowest BCUT2D eigenvalue weighted by Gasteiger charge is -2.08. The molecule has 0 aliphatic heterocycles. The Morgan fingerprint density at radius 3 is 2.81 bits per heavy atom. The van der Waals surface area contributed by atoms with Crippen LogP contribution in [0.3, 0.4) is 0 Å². The predicted octanol–water partition coefficient (Wildman–Crippen LogP) is 5.36. The van der Waals surface area contributed by atoms with Crippen molar-refractivity contribution < 1.29 is 9.18 Å². The Bertz CT molecular complexity index is 917. The van der Waals surface area contributed by atoms with Crippen molar-refractivity contribution in [3.8, 4) is 11.3 Å². The fraction of sp³-hybridized carbons (Fsp3) is 0.333. The largest absolute Gasteiger partial charge is 0.310 e. The standard InChI is InChI=1S/C21H24FN3O/c1-3-4-5-6-10-19(26)24-21-20(16-8-7-9-17(22)14-16)23-18-13-15(2)11-12-25(18)21/h7-9,11-14H,3-6,10H2,1-2H3,(H,24,26). The molecule has 0 radical (unpaired) electrons. The SMILES string of the molecule is CCCCCCC(=O)Nc1c(-c2cccc(F)c2)nc2cc(C)ccn12. The summed E-state index contributed by atoms with van der Waals surface area (Å²) in [6, 6.07) is 10.2. The van der Waals surface area contributed by atoms with E-state index in [1.807, 2.05) is 29.7 Å². The van der Waals surface area contributed by atoms with E-state index in [4.69, 9.17) is 0 Å². The van der Waals surface area contributed by atoms with Crippen molar-refractivity contribution >= 4 is 17.4 Å². The van der Waals surface area contributed by atoms with E-state index in [2.05, 4.69) is 17.2 Å². The van der Waals surface area contributed by atoms with Gasteiger partial charge in [0.25, 0.3) is 0 Å². The van der Waals surface area contributed by atoms with E-state index in [1.165, 1.54) is 12.1 Å². The molecule has 0 saturated heterocycles. The lowest BCUT2D eigenvalue weighted by Crippen LogP contribution is -2.13. The third-order valence-electron chi connectivity index (χ3n) is 4.39. The van der Waals surface area contributed by atoms with Gasteiger partial charge in [-0.2, -0.15) is 0 Å². The number of carbonyl (C=O) groups excluding carboxylic acids is 1. The summed E-state index contributed by atoms with van der Waals surface area (Å²) in [6.45, 7) is 4.13. The zero-order valence-corrected chi connectivity index (χ0v) is 15.3. The van der Waals surface area contributed by atoms with Crippen LogP contribution in [0, 0.1) is 12.7 Å². The smallest absolute Gasteiger partial charge is 0.225 e. The molecule has 0 unspecified atom stereocenters. The molecule has 0 spiro atoms. The molecule has 0 aliphatic carbocycles. The molecule has 0 aliphatic rings. The third-order valence-corrected chi connectivity index (χ3v) is 4.39. The maximum atomic E-state index is 13.7. The van der Waals surface area contributed by atoms with Gasteiger partial charge in [-0.3, -0.25) is 9.20 Å².